The lowest BCUT2D eigenvalue weighted by atomic mass is 10.0. The van der Waals surface area contributed by atoms with Gasteiger partial charge in [-0.25, -0.2) is 0 Å². The number of carbonyl (C=O) groups excluding carboxylic acids is 1. The predicted octanol–water partition coefficient (Wildman–Crippen LogP) is 2.26. The molecule has 0 fully saturated rings. The van der Waals surface area contributed by atoms with Crippen LogP contribution in [0.3, 0.4) is 0 Å². The fraction of sp³-hybridized carbons (Fsp3) is 0.467. The zero-order chi connectivity index (χ0) is 15.4. The zero-order valence-corrected chi connectivity index (χ0v) is 12.5. The van der Waals surface area contributed by atoms with Crippen molar-refractivity contribution in [2.45, 2.75) is 32.3 Å². The van der Waals surface area contributed by atoms with Crippen LogP contribution in [0.25, 0.3) is 0 Å². The van der Waals surface area contributed by atoms with E-state index in [0.717, 1.165) is 12.0 Å². The molecule has 1 aliphatic rings. The summed E-state index contributed by atoms with van der Waals surface area (Å²) in [7, 11) is 0. The number of benzene rings is 1. The molecule has 6 heteroatoms. The van der Waals surface area contributed by atoms with E-state index in [1.165, 1.54) is 0 Å². The highest BCUT2D eigenvalue weighted by atomic mass is 35.5. The van der Waals surface area contributed by atoms with E-state index in [-0.39, 0.29) is 12.5 Å². The van der Waals surface area contributed by atoms with Crippen molar-refractivity contribution in [3.63, 3.8) is 0 Å². The number of carboxylic acids is 1. The maximum atomic E-state index is 12.1. The monoisotopic (exact) mass is 311 g/mol. The number of fused-ring (bicyclic) bond motifs is 1. The summed E-state index contributed by atoms with van der Waals surface area (Å²) in [5, 5.41) is 12.3. The third kappa shape index (κ3) is 3.88. The van der Waals surface area contributed by atoms with Crippen LogP contribution >= 0.6 is 11.6 Å². The van der Waals surface area contributed by atoms with E-state index in [1.54, 1.807) is 18.2 Å². The van der Waals surface area contributed by atoms with Crippen molar-refractivity contribution in [3.8, 4) is 5.75 Å². The highest BCUT2D eigenvalue weighted by Crippen LogP contribution is 2.31. The Morgan fingerprint density at radius 3 is 2.95 bits per heavy atom. The first-order valence-electron chi connectivity index (χ1n) is 6.97. The third-order valence-corrected chi connectivity index (χ3v) is 3.73. The Kier molecular flexibility index (Phi) is 5.07. The maximum absolute atomic E-state index is 12.1. The average Bonchev–Trinajstić information content (AvgIpc) is 2.85. The number of carbonyl (C=O) groups is 2. The van der Waals surface area contributed by atoms with Gasteiger partial charge in [0.1, 0.15) is 5.75 Å². The lowest BCUT2D eigenvalue weighted by Crippen LogP contribution is -2.41. The maximum Gasteiger partial charge on any atom is 0.308 e. The molecule has 1 heterocycles. The molecule has 0 saturated carbocycles. The van der Waals surface area contributed by atoms with Crippen LogP contribution in [0.2, 0.25) is 5.02 Å². The van der Waals surface area contributed by atoms with Crippen molar-refractivity contribution in [1.29, 1.82) is 0 Å². The summed E-state index contributed by atoms with van der Waals surface area (Å²) in [4.78, 5) is 23.1. The van der Waals surface area contributed by atoms with Gasteiger partial charge < -0.3 is 15.2 Å². The molecule has 2 unspecified atom stereocenters. The summed E-state index contributed by atoms with van der Waals surface area (Å²) in [6.07, 6.45) is 1.13. The molecule has 0 saturated heterocycles. The van der Waals surface area contributed by atoms with Crippen molar-refractivity contribution >= 4 is 23.5 Å². The Labute approximate surface area is 128 Å². The van der Waals surface area contributed by atoms with E-state index in [4.69, 9.17) is 21.4 Å². The van der Waals surface area contributed by atoms with Crippen molar-refractivity contribution in [2.75, 3.05) is 6.54 Å². The van der Waals surface area contributed by atoms with Crippen LogP contribution < -0.4 is 10.1 Å². The number of amides is 1. The Bertz CT molecular complexity index is 546. The van der Waals surface area contributed by atoms with Gasteiger partial charge in [0.15, 0.2) is 6.10 Å². The van der Waals surface area contributed by atoms with Gasteiger partial charge in [0.2, 0.25) is 0 Å². The van der Waals surface area contributed by atoms with E-state index in [2.05, 4.69) is 5.32 Å². The van der Waals surface area contributed by atoms with E-state index in [1.807, 2.05) is 6.92 Å². The normalized spacial score (nSPS) is 17.7. The van der Waals surface area contributed by atoms with Crippen LogP contribution in [-0.4, -0.2) is 29.6 Å². The first-order valence-corrected chi connectivity index (χ1v) is 7.34. The minimum atomic E-state index is -0.889. The largest absolute Gasteiger partial charge is 0.481 e. The zero-order valence-electron chi connectivity index (χ0n) is 11.8. The molecule has 0 aromatic heterocycles. The van der Waals surface area contributed by atoms with E-state index >= 15 is 0 Å². The second-order valence-corrected chi connectivity index (χ2v) is 5.57. The Morgan fingerprint density at radius 1 is 1.52 bits per heavy atom. The number of nitrogens with one attached hydrogen (secondary N) is 1. The average molecular weight is 312 g/mol. The standard InChI is InChI=1S/C15H18ClNO4/c1-2-3-9(15(19)20)8-17-14(18)13-7-10-6-11(16)4-5-12(10)21-13/h4-6,9,13H,2-3,7-8H2,1H3,(H,17,18)(H,19,20). The molecule has 21 heavy (non-hydrogen) atoms. The second-order valence-electron chi connectivity index (χ2n) is 5.13. The number of aliphatic carboxylic acids is 1. The summed E-state index contributed by atoms with van der Waals surface area (Å²) in [5.41, 5.74) is 0.894. The summed E-state index contributed by atoms with van der Waals surface area (Å²) in [6.45, 7) is 2.04. The summed E-state index contributed by atoms with van der Waals surface area (Å²) in [5.74, 6) is -1.08. The molecule has 0 radical (unpaired) electrons. The number of ether oxygens (including phenoxy) is 1. The molecule has 0 bridgehead atoms. The van der Waals surface area contributed by atoms with Crippen LogP contribution in [0.5, 0.6) is 5.75 Å². The smallest absolute Gasteiger partial charge is 0.308 e. The minimum absolute atomic E-state index is 0.124. The molecule has 1 aromatic rings. The van der Waals surface area contributed by atoms with Crippen LogP contribution in [-0.2, 0) is 16.0 Å². The highest BCUT2D eigenvalue weighted by molar-refractivity contribution is 6.30. The fourth-order valence-corrected chi connectivity index (χ4v) is 2.56. The van der Waals surface area contributed by atoms with Gasteiger partial charge in [0.05, 0.1) is 5.92 Å². The Balaban J connectivity index is 1.89. The number of carboxylic acid groups (broad SMARTS) is 1. The lowest BCUT2D eigenvalue weighted by molar-refractivity contribution is -0.142. The molecule has 5 nitrogen and oxygen atoms in total. The van der Waals surface area contributed by atoms with Gasteiger partial charge in [-0.05, 0) is 30.2 Å². The van der Waals surface area contributed by atoms with Crippen LogP contribution in [0, 0.1) is 5.92 Å². The minimum Gasteiger partial charge on any atom is -0.481 e. The number of halogens is 1. The van der Waals surface area contributed by atoms with Crippen LogP contribution in [0.4, 0.5) is 0 Å². The van der Waals surface area contributed by atoms with Crippen LogP contribution in [0.15, 0.2) is 18.2 Å². The van der Waals surface area contributed by atoms with Gasteiger partial charge in [0.25, 0.3) is 5.91 Å². The molecule has 2 N–H and O–H groups in total. The highest BCUT2D eigenvalue weighted by Gasteiger charge is 2.30. The molecule has 1 aliphatic heterocycles. The molecule has 0 aliphatic carbocycles. The Hall–Kier alpha value is -1.75. The molecule has 0 spiro atoms. The quantitative estimate of drug-likeness (QED) is 0.845. The second kappa shape index (κ2) is 6.80. The molecule has 2 atom stereocenters. The van der Waals surface area contributed by atoms with Crippen molar-refractivity contribution in [1.82, 2.24) is 5.32 Å². The van der Waals surface area contributed by atoms with Crippen LogP contribution in [0.1, 0.15) is 25.3 Å². The summed E-state index contributed by atoms with van der Waals surface area (Å²) < 4.78 is 5.56. The van der Waals surface area contributed by atoms with E-state index in [0.29, 0.717) is 23.6 Å². The SMILES string of the molecule is CCCC(CNC(=O)C1Cc2cc(Cl)ccc2O1)C(=O)O. The van der Waals surface area contributed by atoms with Gasteiger partial charge in [-0.1, -0.05) is 24.9 Å². The van der Waals surface area contributed by atoms with Gasteiger partial charge in [-0.3, -0.25) is 9.59 Å². The molecule has 1 aromatic carbocycles. The molecule has 1 amide bonds. The molecule has 114 valence electrons. The van der Waals surface area contributed by atoms with Crippen molar-refractivity contribution in [3.05, 3.63) is 28.8 Å². The summed E-state index contributed by atoms with van der Waals surface area (Å²) in [6, 6.07) is 5.23. The molecular formula is C15H18ClNO4. The van der Waals surface area contributed by atoms with Gasteiger partial charge in [-0.2, -0.15) is 0 Å². The number of hydrogen-bond donors (Lipinski definition) is 2. The summed E-state index contributed by atoms with van der Waals surface area (Å²) >= 11 is 5.90. The van der Waals surface area contributed by atoms with Gasteiger partial charge in [0, 0.05) is 18.0 Å². The molecular weight excluding hydrogens is 294 g/mol. The first-order chi connectivity index (χ1) is 10.0. The van der Waals surface area contributed by atoms with Crippen molar-refractivity contribution in [2.24, 2.45) is 5.92 Å². The lowest BCUT2D eigenvalue weighted by Gasteiger charge is -2.15. The number of hydrogen-bond acceptors (Lipinski definition) is 3. The van der Waals surface area contributed by atoms with Crippen molar-refractivity contribution < 1.29 is 19.4 Å². The number of rotatable bonds is 6. The van der Waals surface area contributed by atoms with E-state index < -0.39 is 18.0 Å². The topological polar surface area (TPSA) is 75.6 Å². The van der Waals surface area contributed by atoms with Gasteiger partial charge >= 0.3 is 5.97 Å². The van der Waals surface area contributed by atoms with Gasteiger partial charge in [-0.15, -0.1) is 0 Å². The first kappa shape index (κ1) is 15.6. The third-order valence-electron chi connectivity index (χ3n) is 3.50. The fourth-order valence-electron chi connectivity index (χ4n) is 2.36. The Morgan fingerprint density at radius 2 is 2.29 bits per heavy atom. The van der Waals surface area contributed by atoms with E-state index in [9.17, 15) is 9.59 Å². The molecule has 2 rings (SSSR count). The predicted molar refractivity (Wildman–Crippen MR) is 78.6 cm³/mol.